The van der Waals surface area contributed by atoms with Gasteiger partial charge in [-0.15, -0.1) is 0 Å². The van der Waals surface area contributed by atoms with Crippen molar-refractivity contribution in [3.8, 4) is 11.5 Å². The number of aromatic carboxylic acids is 2. The zero-order chi connectivity index (χ0) is 18.7. The molecule has 0 spiro atoms. The molecule has 1 aromatic carbocycles. The Morgan fingerprint density at radius 1 is 0.808 bits per heavy atom. The maximum Gasteiger partial charge on any atom is 0.422 e. The molecule has 0 unspecified atom stereocenters. The number of carboxylic acid groups (broad SMARTS) is 2. The van der Waals surface area contributed by atoms with Gasteiger partial charge in [0.05, 0.1) is 0 Å². The molecule has 0 fully saturated rings. The van der Waals surface area contributed by atoms with E-state index in [4.69, 9.17) is 10.2 Å². The van der Waals surface area contributed by atoms with Crippen molar-refractivity contribution in [2.75, 3.05) is 13.2 Å². The fourth-order valence-corrected chi connectivity index (χ4v) is 1.45. The Morgan fingerprint density at radius 3 is 1.27 bits per heavy atom. The minimum atomic E-state index is -4.84. The zero-order valence-electron chi connectivity index (χ0n) is 12.9. The molecule has 7 nitrogen and oxygen atoms in total. The average Bonchev–Trinajstić information content (AvgIpc) is 2.40. The van der Waals surface area contributed by atoms with E-state index < -0.39 is 60.1 Å². The molecule has 0 aliphatic heterocycles. The normalized spacial score (nSPS) is 11.0. The second kappa shape index (κ2) is 9.85. The summed E-state index contributed by atoms with van der Waals surface area (Å²) in [5.41, 5.74) is -1.97. The molecule has 143 valence electrons. The van der Waals surface area contributed by atoms with Gasteiger partial charge in [-0.1, -0.05) is 0 Å². The van der Waals surface area contributed by atoms with Crippen LogP contribution in [0.25, 0.3) is 0 Å². The van der Waals surface area contributed by atoms with E-state index in [0.717, 1.165) is 0 Å². The van der Waals surface area contributed by atoms with Gasteiger partial charge in [-0.3, -0.25) is 0 Å². The molecule has 0 aliphatic carbocycles. The van der Waals surface area contributed by atoms with E-state index >= 15 is 0 Å². The summed E-state index contributed by atoms with van der Waals surface area (Å²) < 4.78 is 81.2. The van der Waals surface area contributed by atoms with Gasteiger partial charge in [0.1, 0.15) is 22.6 Å². The summed E-state index contributed by atoms with van der Waals surface area (Å²) in [6.45, 7) is -3.84. The van der Waals surface area contributed by atoms with Crippen LogP contribution >= 0.6 is 0 Å². The topological polar surface area (TPSA) is 125 Å². The van der Waals surface area contributed by atoms with Crippen LogP contribution in [0.3, 0.4) is 0 Å². The molecule has 26 heavy (non-hydrogen) atoms. The van der Waals surface area contributed by atoms with Gasteiger partial charge in [0.15, 0.2) is 13.2 Å². The van der Waals surface area contributed by atoms with E-state index in [2.05, 4.69) is 9.47 Å². The number of alkyl halides is 6. The minimum absolute atomic E-state index is 0. The Bertz CT molecular complexity index is 588. The first-order chi connectivity index (χ1) is 10.8. The van der Waals surface area contributed by atoms with Gasteiger partial charge in [0, 0.05) is 29.6 Å². The summed E-state index contributed by atoms with van der Waals surface area (Å²) in [5, 5.41) is 17.8. The van der Waals surface area contributed by atoms with Gasteiger partial charge >= 0.3 is 24.3 Å². The molecule has 0 aromatic heterocycles. The Hall–Kier alpha value is -1.70. The van der Waals surface area contributed by atoms with Crippen LogP contribution in [0.1, 0.15) is 20.7 Å². The molecular weight excluding hydrogens is 393 g/mol. The average molecular weight is 403 g/mol. The van der Waals surface area contributed by atoms with Crippen molar-refractivity contribution in [3.63, 3.8) is 0 Å². The summed E-state index contributed by atoms with van der Waals surface area (Å²) in [6, 6.07) is 0.701. The third-order valence-corrected chi connectivity index (χ3v) is 2.33. The van der Waals surface area contributed by atoms with Crippen molar-refractivity contribution in [1.29, 1.82) is 0 Å². The third-order valence-electron chi connectivity index (χ3n) is 2.33. The SMILES string of the molecule is O.O=C(O)c1cc(OCC(F)(F)F)c(C(=O)O)cc1OCC(F)(F)F.[Na]. The minimum Gasteiger partial charge on any atom is -0.483 e. The summed E-state index contributed by atoms with van der Waals surface area (Å²) in [6.07, 6.45) is -9.69. The molecule has 1 radical (unpaired) electrons. The Balaban J connectivity index is 0. The number of hydrogen-bond donors (Lipinski definition) is 2. The Kier molecular flexibility index (Phi) is 10.0. The summed E-state index contributed by atoms with van der Waals surface area (Å²) in [4.78, 5) is 22.0. The van der Waals surface area contributed by atoms with Crippen molar-refractivity contribution in [2.24, 2.45) is 0 Å². The van der Waals surface area contributed by atoms with Gasteiger partial charge in [-0.2, -0.15) is 26.3 Å². The Labute approximate surface area is 163 Å². The number of hydrogen-bond acceptors (Lipinski definition) is 4. The van der Waals surface area contributed by atoms with E-state index in [1.165, 1.54) is 0 Å². The fourth-order valence-electron chi connectivity index (χ4n) is 1.45. The summed E-state index contributed by atoms with van der Waals surface area (Å²) in [7, 11) is 0. The molecule has 0 saturated carbocycles. The van der Waals surface area contributed by atoms with E-state index in [9.17, 15) is 35.9 Å². The molecule has 0 heterocycles. The maximum absolute atomic E-state index is 12.1. The quantitative estimate of drug-likeness (QED) is 0.551. The molecule has 0 amide bonds. The number of rotatable bonds is 6. The standard InChI is InChI=1S/C12H8F6O6.Na.H2O/c13-11(14,15)3-23-7-1-5(9(19)20)8(2-6(7)10(21)22)24-4-12(16,17)18;;/h1-2H,3-4H2,(H,19,20)(H,21,22);;1H2. The third kappa shape index (κ3) is 8.60. The summed E-state index contributed by atoms with van der Waals surface area (Å²) in [5.74, 6) is -5.64. The molecule has 0 aliphatic rings. The van der Waals surface area contributed by atoms with Crippen LogP contribution in [0.15, 0.2) is 12.1 Å². The molecule has 4 N–H and O–H groups in total. The van der Waals surface area contributed by atoms with E-state index in [-0.39, 0.29) is 35.0 Å². The van der Waals surface area contributed by atoms with Crippen molar-refractivity contribution in [1.82, 2.24) is 0 Å². The number of carbonyl (C=O) groups is 2. The second-order valence-corrected chi connectivity index (χ2v) is 4.26. The van der Waals surface area contributed by atoms with Gasteiger partial charge in [0.25, 0.3) is 0 Å². The first-order valence-corrected chi connectivity index (χ1v) is 5.84. The molecule has 0 saturated heterocycles. The van der Waals surface area contributed by atoms with E-state index in [1.54, 1.807) is 0 Å². The van der Waals surface area contributed by atoms with Crippen molar-refractivity contribution >= 4 is 41.5 Å². The van der Waals surface area contributed by atoms with Crippen LogP contribution in [0, 0.1) is 0 Å². The number of halogens is 6. The van der Waals surface area contributed by atoms with Crippen LogP contribution in [-0.4, -0.2) is 82.8 Å². The summed E-state index contributed by atoms with van der Waals surface area (Å²) >= 11 is 0. The van der Waals surface area contributed by atoms with Gasteiger partial charge in [-0.05, 0) is 12.1 Å². The van der Waals surface area contributed by atoms with Crippen molar-refractivity contribution in [2.45, 2.75) is 12.4 Å². The van der Waals surface area contributed by atoms with Crippen LogP contribution in [0.5, 0.6) is 11.5 Å². The molecule has 14 heteroatoms. The van der Waals surface area contributed by atoms with Gasteiger partial charge in [0.2, 0.25) is 0 Å². The fraction of sp³-hybridized carbons (Fsp3) is 0.333. The van der Waals surface area contributed by atoms with Gasteiger partial charge in [-0.25, -0.2) is 9.59 Å². The predicted octanol–water partition coefficient (Wildman–Crippen LogP) is 1.76. The first-order valence-electron chi connectivity index (χ1n) is 5.84. The van der Waals surface area contributed by atoms with Crippen molar-refractivity contribution in [3.05, 3.63) is 23.3 Å². The molecular formula is C12H10F6NaO7. The maximum atomic E-state index is 12.1. The van der Waals surface area contributed by atoms with E-state index in [1.807, 2.05) is 0 Å². The number of ether oxygens (including phenoxy) is 2. The predicted molar refractivity (Wildman–Crippen MR) is 72.8 cm³/mol. The monoisotopic (exact) mass is 403 g/mol. The number of benzene rings is 1. The van der Waals surface area contributed by atoms with Crippen LogP contribution in [0.2, 0.25) is 0 Å². The largest absolute Gasteiger partial charge is 0.483 e. The first kappa shape index (κ1) is 26.5. The molecule has 1 aromatic rings. The van der Waals surface area contributed by atoms with Crippen LogP contribution < -0.4 is 9.47 Å². The van der Waals surface area contributed by atoms with E-state index in [0.29, 0.717) is 12.1 Å². The molecule has 0 bridgehead atoms. The molecule has 1 rings (SSSR count). The van der Waals surface area contributed by atoms with Crippen molar-refractivity contribution < 1.29 is 61.1 Å². The van der Waals surface area contributed by atoms with Crippen LogP contribution in [-0.2, 0) is 0 Å². The second-order valence-electron chi connectivity index (χ2n) is 4.26. The van der Waals surface area contributed by atoms with Crippen LogP contribution in [0.4, 0.5) is 26.3 Å². The smallest absolute Gasteiger partial charge is 0.422 e. The van der Waals surface area contributed by atoms with Gasteiger partial charge < -0.3 is 25.2 Å². The molecule has 0 atom stereocenters. The Morgan fingerprint density at radius 2 is 1.08 bits per heavy atom. The zero-order valence-corrected chi connectivity index (χ0v) is 14.9. The number of carboxylic acids is 2.